The fraction of sp³-hybridized carbons (Fsp3) is 0.538. The van der Waals surface area contributed by atoms with E-state index in [9.17, 15) is 10.2 Å². The molecule has 1 aromatic rings. The molecule has 0 aromatic heterocycles. The number of aliphatic hydroxyl groups is 1. The first-order valence-corrected chi connectivity index (χ1v) is 6.18. The minimum absolute atomic E-state index is 0.0474. The van der Waals surface area contributed by atoms with Gasteiger partial charge < -0.3 is 20.3 Å². The summed E-state index contributed by atoms with van der Waals surface area (Å²) in [7, 11) is 1.52. The molecule has 5 heteroatoms. The van der Waals surface area contributed by atoms with E-state index in [0.29, 0.717) is 5.75 Å². The van der Waals surface area contributed by atoms with Crippen LogP contribution in [-0.2, 0) is 0 Å². The molecule has 2 rings (SSSR count). The van der Waals surface area contributed by atoms with Crippen LogP contribution in [0.3, 0.4) is 0 Å². The number of ether oxygens (including phenoxy) is 1. The highest BCUT2D eigenvalue weighted by Crippen LogP contribution is 2.30. The van der Waals surface area contributed by atoms with Gasteiger partial charge >= 0.3 is 0 Å². The van der Waals surface area contributed by atoms with Crippen molar-refractivity contribution in [3.63, 3.8) is 0 Å². The summed E-state index contributed by atoms with van der Waals surface area (Å²) in [6, 6.07) is 5.22. The average Bonchev–Trinajstić information content (AvgIpc) is 2.41. The van der Waals surface area contributed by atoms with Crippen LogP contribution in [0.25, 0.3) is 0 Å². The van der Waals surface area contributed by atoms with Gasteiger partial charge in [-0.2, -0.15) is 0 Å². The van der Waals surface area contributed by atoms with Gasteiger partial charge in [0.1, 0.15) is 0 Å². The molecule has 3 N–H and O–H groups in total. The number of piperazine rings is 1. The molecule has 0 spiro atoms. The van der Waals surface area contributed by atoms with E-state index >= 15 is 0 Å². The number of hydrogen-bond donors (Lipinski definition) is 3. The number of methoxy groups -OCH3 is 1. The van der Waals surface area contributed by atoms with Crippen LogP contribution in [-0.4, -0.2) is 55.0 Å². The Balaban J connectivity index is 2.18. The molecule has 0 saturated carbocycles. The zero-order valence-corrected chi connectivity index (χ0v) is 10.6. The molecule has 1 aliphatic rings. The molecular formula is C13H20N2O3. The molecule has 18 heavy (non-hydrogen) atoms. The molecule has 100 valence electrons. The Hall–Kier alpha value is -1.30. The van der Waals surface area contributed by atoms with Gasteiger partial charge in [0, 0.05) is 26.2 Å². The smallest absolute Gasteiger partial charge is 0.160 e. The largest absolute Gasteiger partial charge is 0.504 e. The monoisotopic (exact) mass is 252 g/mol. The standard InChI is InChI=1S/C13H20N2O3/c1-18-13-3-2-10(8-12(13)17)11(9-16)15-6-4-14-5-7-15/h2-3,8,11,14,16-17H,4-7,9H2,1H3/t11-/m0/s1. The second kappa shape index (κ2) is 6.04. The summed E-state index contributed by atoms with van der Waals surface area (Å²) in [6.45, 7) is 3.71. The molecule has 1 saturated heterocycles. The summed E-state index contributed by atoms with van der Waals surface area (Å²) in [5.41, 5.74) is 0.915. The van der Waals surface area contributed by atoms with E-state index in [1.165, 1.54) is 7.11 Å². The van der Waals surface area contributed by atoms with Gasteiger partial charge in [0.15, 0.2) is 11.5 Å². The van der Waals surface area contributed by atoms with E-state index < -0.39 is 0 Å². The van der Waals surface area contributed by atoms with Crippen molar-refractivity contribution in [1.29, 1.82) is 0 Å². The predicted molar refractivity (Wildman–Crippen MR) is 68.9 cm³/mol. The van der Waals surface area contributed by atoms with Crippen molar-refractivity contribution in [2.75, 3.05) is 39.9 Å². The van der Waals surface area contributed by atoms with Crippen LogP contribution < -0.4 is 10.1 Å². The average molecular weight is 252 g/mol. The van der Waals surface area contributed by atoms with E-state index in [0.717, 1.165) is 31.7 Å². The van der Waals surface area contributed by atoms with Crippen molar-refractivity contribution in [2.24, 2.45) is 0 Å². The summed E-state index contributed by atoms with van der Waals surface area (Å²) >= 11 is 0. The van der Waals surface area contributed by atoms with Crippen molar-refractivity contribution in [3.8, 4) is 11.5 Å². The lowest BCUT2D eigenvalue weighted by Gasteiger charge is -2.34. The van der Waals surface area contributed by atoms with Crippen LogP contribution in [0.5, 0.6) is 11.5 Å². The number of aliphatic hydroxyl groups excluding tert-OH is 1. The first-order chi connectivity index (χ1) is 8.76. The molecule has 0 bridgehead atoms. The van der Waals surface area contributed by atoms with Gasteiger partial charge in [-0.05, 0) is 17.7 Å². The topological polar surface area (TPSA) is 65.0 Å². The third-order valence-electron chi connectivity index (χ3n) is 3.35. The summed E-state index contributed by atoms with van der Waals surface area (Å²) in [4.78, 5) is 2.22. The van der Waals surface area contributed by atoms with Crippen LogP contribution in [0, 0.1) is 0 Å². The molecular weight excluding hydrogens is 232 g/mol. The van der Waals surface area contributed by atoms with Crippen LogP contribution in [0.4, 0.5) is 0 Å². The fourth-order valence-electron chi connectivity index (χ4n) is 2.34. The number of benzene rings is 1. The molecule has 1 heterocycles. The minimum Gasteiger partial charge on any atom is -0.504 e. The maximum Gasteiger partial charge on any atom is 0.160 e. The Morgan fingerprint density at radius 1 is 1.39 bits per heavy atom. The number of hydrogen-bond acceptors (Lipinski definition) is 5. The van der Waals surface area contributed by atoms with Crippen molar-refractivity contribution < 1.29 is 14.9 Å². The Morgan fingerprint density at radius 3 is 2.67 bits per heavy atom. The lowest BCUT2D eigenvalue weighted by Crippen LogP contribution is -2.46. The third kappa shape index (κ3) is 2.75. The highest BCUT2D eigenvalue weighted by molar-refractivity contribution is 5.42. The number of aromatic hydroxyl groups is 1. The molecule has 1 fully saturated rings. The van der Waals surface area contributed by atoms with Crippen LogP contribution >= 0.6 is 0 Å². The molecule has 5 nitrogen and oxygen atoms in total. The van der Waals surface area contributed by atoms with E-state index in [1.807, 2.05) is 6.07 Å². The second-order valence-electron chi connectivity index (χ2n) is 4.42. The molecule has 1 aliphatic heterocycles. The van der Waals surface area contributed by atoms with E-state index in [2.05, 4.69) is 10.2 Å². The van der Waals surface area contributed by atoms with Crippen LogP contribution in [0.15, 0.2) is 18.2 Å². The number of nitrogens with zero attached hydrogens (tertiary/aromatic N) is 1. The van der Waals surface area contributed by atoms with E-state index in [-0.39, 0.29) is 18.4 Å². The maximum absolute atomic E-state index is 9.80. The normalized spacial score (nSPS) is 18.6. The lowest BCUT2D eigenvalue weighted by atomic mass is 10.0. The summed E-state index contributed by atoms with van der Waals surface area (Å²) in [6.07, 6.45) is 0. The summed E-state index contributed by atoms with van der Waals surface area (Å²) in [5, 5.41) is 22.7. The lowest BCUT2D eigenvalue weighted by molar-refractivity contribution is 0.110. The highest BCUT2D eigenvalue weighted by atomic mass is 16.5. The zero-order chi connectivity index (χ0) is 13.0. The predicted octanol–water partition coefficient (Wildman–Crippen LogP) is 0.339. The van der Waals surface area contributed by atoms with Crippen molar-refractivity contribution >= 4 is 0 Å². The highest BCUT2D eigenvalue weighted by Gasteiger charge is 2.22. The van der Waals surface area contributed by atoms with Gasteiger partial charge in [-0.25, -0.2) is 0 Å². The Morgan fingerprint density at radius 2 is 2.11 bits per heavy atom. The molecule has 0 unspecified atom stereocenters. The first-order valence-electron chi connectivity index (χ1n) is 6.18. The first kappa shape index (κ1) is 13.1. The molecule has 0 amide bonds. The quantitative estimate of drug-likeness (QED) is 0.721. The Labute approximate surface area is 107 Å². The number of phenolic OH excluding ortho intramolecular Hbond substituents is 1. The Kier molecular flexibility index (Phi) is 4.41. The van der Waals surface area contributed by atoms with E-state index in [1.54, 1.807) is 12.1 Å². The van der Waals surface area contributed by atoms with Gasteiger partial charge in [0.25, 0.3) is 0 Å². The van der Waals surface area contributed by atoms with E-state index in [4.69, 9.17) is 4.74 Å². The molecule has 1 atom stereocenters. The van der Waals surface area contributed by atoms with Gasteiger partial charge in [-0.3, -0.25) is 4.90 Å². The van der Waals surface area contributed by atoms with Crippen LogP contribution in [0.1, 0.15) is 11.6 Å². The van der Waals surface area contributed by atoms with Crippen molar-refractivity contribution in [3.05, 3.63) is 23.8 Å². The molecule has 0 aliphatic carbocycles. The molecule has 1 aromatic carbocycles. The molecule has 0 radical (unpaired) electrons. The number of rotatable bonds is 4. The minimum atomic E-state index is -0.0658. The number of phenols is 1. The number of nitrogens with one attached hydrogen (secondary N) is 1. The van der Waals surface area contributed by atoms with Crippen molar-refractivity contribution in [2.45, 2.75) is 6.04 Å². The van der Waals surface area contributed by atoms with Gasteiger partial charge in [-0.1, -0.05) is 6.07 Å². The van der Waals surface area contributed by atoms with Gasteiger partial charge in [0.05, 0.1) is 19.8 Å². The maximum atomic E-state index is 9.80. The van der Waals surface area contributed by atoms with Crippen LogP contribution in [0.2, 0.25) is 0 Å². The third-order valence-corrected chi connectivity index (χ3v) is 3.35. The Bertz CT molecular complexity index is 392. The second-order valence-corrected chi connectivity index (χ2v) is 4.42. The zero-order valence-electron chi connectivity index (χ0n) is 10.6. The SMILES string of the molecule is COc1ccc([C@H](CO)N2CCNCC2)cc1O. The summed E-state index contributed by atoms with van der Waals surface area (Å²) < 4.78 is 5.02. The van der Waals surface area contributed by atoms with Crippen molar-refractivity contribution in [1.82, 2.24) is 10.2 Å². The van der Waals surface area contributed by atoms with Gasteiger partial charge in [0.2, 0.25) is 0 Å². The summed E-state index contributed by atoms with van der Waals surface area (Å²) in [5.74, 6) is 0.569. The fourth-order valence-corrected chi connectivity index (χ4v) is 2.34. The van der Waals surface area contributed by atoms with Gasteiger partial charge in [-0.15, -0.1) is 0 Å².